The van der Waals surface area contributed by atoms with Crippen molar-refractivity contribution in [1.29, 1.82) is 0 Å². The van der Waals surface area contributed by atoms with Gasteiger partial charge in [0.25, 0.3) is 5.69 Å². The van der Waals surface area contributed by atoms with Gasteiger partial charge in [0.15, 0.2) is 0 Å². The van der Waals surface area contributed by atoms with E-state index in [1.165, 1.54) is 5.32 Å². The van der Waals surface area contributed by atoms with E-state index >= 15 is 0 Å². The monoisotopic (exact) mass is 298 g/mol. The summed E-state index contributed by atoms with van der Waals surface area (Å²) in [5.74, 6) is -2.55. The molecule has 0 atom stereocenters. The van der Waals surface area contributed by atoms with Gasteiger partial charge in [0.05, 0.1) is 23.8 Å². The smallest absolute Gasteiger partial charge is 0.471 e. The van der Waals surface area contributed by atoms with E-state index in [1.807, 2.05) is 0 Å². The minimum Gasteiger partial charge on any atom is -0.494 e. The van der Waals surface area contributed by atoms with Crippen LogP contribution in [0.5, 0.6) is 5.75 Å². The van der Waals surface area contributed by atoms with Gasteiger partial charge in [-0.1, -0.05) is 11.6 Å². The number of nitro benzene ring substituents is 1. The van der Waals surface area contributed by atoms with E-state index in [4.69, 9.17) is 11.6 Å². The van der Waals surface area contributed by atoms with E-state index in [-0.39, 0.29) is 5.75 Å². The highest BCUT2D eigenvalue weighted by Gasteiger charge is 2.39. The molecule has 0 aliphatic carbocycles. The third-order valence-corrected chi connectivity index (χ3v) is 2.27. The predicted molar refractivity (Wildman–Crippen MR) is 59.3 cm³/mol. The Labute approximate surface area is 109 Å². The summed E-state index contributed by atoms with van der Waals surface area (Å²) in [5, 5.41) is 11.7. The number of ether oxygens (including phenoxy) is 1. The molecule has 0 unspecified atom stereocenters. The Kier molecular flexibility index (Phi) is 4.20. The first kappa shape index (κ1) is 15.0. The summed E-state index contributed by atoms with van der Waals surface area (Å²) in [4.78, 5) is 20.5. The Bertz CT molecular complexity index is 533. The molecule has 0 aromatic heterocycles. The average molecular weight is 299 g/mol. The van der Waals surface area contributed by atoms with Crippen molar-refractivity contribution in [2.45, 2.75) is 6.18 Å². The predicted octanol–water partition coefficient (Wildman–Crippen LogP) is 2.76. The van der Waals surface area contributed by atoms with Crippen LogP contribution in [0.4, 0.5) is 24.5 Å². The maximum atomic E-state index is 12.1. The molecule has 104 valence electrons. The lowest BCUT2D eigenvalue weighted by Gasteiger charge is -2.12. The van der Waals surface area contributed by atoms with E-state index in [1.54, 1.807) is 0 Å². The topological polar surface area (TPSA) is 81.5 Å². The highest BCUT2D eigenvalue weighted by atomic mass is 35.5. The number of rotatable bonds is 3. The van der Waals surface area contributed by atoms with Crippen LogP contribution in [-0.2, 0) is 4.79 Å². The summed E-state index contributed by atoms with van der Waals surface area (Å²) in [7, 11) is 1.08. The first-order valence-electron chi connectivity index (χ1n) is 4.57. The number of hydrogen-bond acceptors (Lipinski definition) is 4. The van der Waals surface area contributed by atoms with Crippen LogP contribution < -0.4 is 10.1 Å². The third-order valence-electron chi connectivity index (χ3n) is 1.97. The molecule has 1 aromatic rings. The average Bonchev–Trinajstić information content (AvgIpc) is 2.27. The van der Waals surface area contributed by atoms with Gasteiger partial charge in [-0.2, -0.15) is 13.2 Å². The van der Waals surface area contributed by atoms with Crippen LogP contribution in [0, 0.1) is 10.1 Å². The summed E-state index contributed by atoms with van der Waals surface area (Å²) in [5.41, 5.74) is -0.969. The molecule has 0 spiro atoms. The summed E-state index contributed by atoms with van der Waals surface area (Å²) in [6.45, 7) is 0. The lowest BCUT2D eigenvalue weighted by Crippen LogP contribution is -2.30. The molecule has 0 radical (unpaired) electrons. The van der Waals surface area contributed by atoms with Gasteiger partial charge in [-0.05, 0) is 6.07 Å². The van der Waals surface area contributed by atoms with Gasteiger partial charge >= 0.3 is 12.1 Å². The minimum atomic E-state index is -5.10. The van der Waals surface area contributed by atoms with E-state index in [0.29, 0.717) is 0 Å². The van der Waals surface area contributed by atoms with Crippen LogP contribution in [-0.4, -0.2) is 24.1 Å². The Morgan fingerprint density at radius 2 is 2.05 bits per heavy atom. The summed E-state index contributed by atoms with van der Waals surface area (Å²) < 4.78 is 40.9. The van der Waals surface area contributed by atoms with Crippen molar-refractivity contribution in [3.63, 3.8) is 0 Å². The zero-order valence-corrected chi connectivity index (χ0v) is 10.0. The lowest BCUT2D eigenvalue weighted by atomic mass is 10.2. The van der Waals surface area contributed by atoms with Gasteiger partial charge in [-0.3, -0.25) is 14.9 Å². The molecule has 1 amide bonds. The molecule has 19 heavy (non-hydrogen) atoms. The zero-order valence-electron chi connectivity index (χ0n) is 9.25. The van der Waals surface area contributed by atoms with Gasteiger partial charge < -0.3 is 10.1 Å². The van der Waals surface area contributed by atoms with Crippen LogP contribution in [0.3, 0.4) is 0 Å². The number of benzene rings is 1. The van der Waals surface area contributed by atoms with Gasteiger partial charge in [-0.15, -0.1) is 0 Å². The number of hydrogen-bond donors (Lipinski definition) is 1. The quantitative estimate of drug-likeness (QED) is 0.687. The molecule has 6 nitrogen and oxygen atoms in total. The second-order valence-electron chi connectivity index (χ2n) is 3.21. The van der Waals surface area contributed by atoms with Crippen molar-refractivity contribution in [2.75, 3.05) is 12.4 Å². The Hall–Kier alpha value is -2.03. The molecule has 0 heterocycles. The van der Waals surface area contributed by atoms with Crippen molar-refractivity contribution in [1.82, 2.24) is 0 Å². The van der Waals surface area contributed by atoms with Crippen LogP contribution in [0.25, 0.3) is 0 Å². The van der Waals surface area contributed by atoms with Crippen LogP contribution >= 0.6 is 11.6 Å². The van der Waals surface area contributed by atoms with E-state index < -0.39 is 33.4 Å². The number of amides is 1. The molecule has 1 aromatic carbocycles. The van der Waals surface area contributed by atoms with Crippen molar-refractivity contribution in [2.24, 2.45) is 0 Å². The Morgan fingerprint density at radius 3 is 2.47 bits per heavy atom. The summed E-state index contributed by atoms with van der Waals surface area (Å²) in [6, 6.07) is 1.62. The van der Waals surface area contributed by atoms with Crippen molar-refractivity contribution >= 4 is 28.9 Å². The first-order chi connectivity index (χ1) is 8.66. The third kappa shape index (κ3) is 3.47. The van der Waals surface area contributed by atoms with Crippen molar-refractivity contribution in [3.8, 4) is 5.75 Å². The number of alkyl halides is 3. The van der Waals surface area contributed by atoms with Crippen molar-refractivity contribution < 1.29 is 27.6 Å². The number of anilines is 1. The van der Waals surface area contributed by atoms with E-state index in [0.717, 1.165) is 19.2 Å². The molecule has 0 bridgehead atoms. The summed E-state index contributed by atoms with van der Waals surface area (Å²) >= 11 is 5.52. The van der Waals surface area contributed by atoms with E-state index in [9.17, 15) is 28.1 Å². The normalized spacial score (nSPS) is 11.0. The maximum absolute atomic E-state index is 12.1. The van der Waals surface area contributed by atoms with Crippen LogP contribution in [0.2, 0.25) is 5.02 Å². The highest BCUT2D eigenvalue weighted by molar-refractivity contribution is 6.33. The maximum Gasteiger partial charge on any atom is 0.471 e. The fourth-order valence-corrected chi connectivity index (χ4v) is 1.37. The number of methoxy groups -OCH3 is 1. The lowest BCUT2D eigenvalue weighted by molar-refractivity contribution is -0.384. The van der Waals surface area contributed by atoms with Gasteiger partial charge in [0.1, 0.15) is 10.8 Å². The second-order valence-corrected chi connectivity index (χ2v) is 3.62. The van der Waals surface area contributed by atoms with Crippen LogP contribution in [0.15, 0.2) is 12.1 Å². The fourth-order valence-electron chi connectivity index (χ4n) is 1.14. The minimum absolute atomic E-state index is 0.311. The molecular weight excluding hydrogens is 293 g/mol. The number of nitrogens with one attached hydrogen (secondary N) is 1. The fraction of sp³-hybridized carbons (Fsp3) is 0.222. The first-order valence-corrected chi connectivity index (χ1v) is 4.94. The number of nitro groups is 1. The Morgan fingerprint density at radius 1 is 1.47 bits per heavy atom. The molecule has 0 aliphatic rings. The molecule has 1 N–H and O–H groups in total. The summed E-state index contributed by atoms with van der Waals surface area (Å²) in [6.07, 6.45) is -5.10. The molecule has 0 aliphatic heterocycles. The molecular formula is C9H6ClF3N2O4. The number of carbonyl (C=O) groups is 1. The molecule has 1 rings (SSSR count). The van der Waals surface area contributed by atoms with Gasteiger partial charge in [0, 0.05) is 0 Å². The van der Waals surface area contributed by atoms with Gasteiger partial charge in [0.2, 0.25) is 0 Å². The Balaban J connectivity index is 3.19. The second kappa shape index (κ2) is 5.31. The zero-order chi connectivity index (χ0) is 14.8. The molecule has 0 saturated heterocycles. The number of halogens is 4. The highest BCUT2D eigenvalue weighted by Crippen LogP contribution is 2.36. The van der Waals surface area contributed by atoms with Crippen LogP contribution in [0.1, 0.15) is 0 Å². The molecule has 0 fully saturated rings. The standard InChI is InChI=1S/C9H6ClF3N2O4/c1-19-7-3-6(15(17)18)4(10)2-5(7)14-8(16)9(11,12)13/h2-3H,1H3,(H,14,16). The SMILES string of the molecule is COc1cc([N+](=O)[O-])c(Cl)cc1NC(=O)C(F)(F)F. The van der Waals surface area contributed by atoms with Crippen molar-refractivity contribution in [3.05, 3.63) is 27.3 Å². The largest absolute Gasteiger partial charge is 0.494 e. The van der Waals surface area contributed by atoms with Gasteiger partial charge in [-0.25, -0.2) is 0 Å². The number of carbonyl (C=O) groups excluding carboxylic acids is 1. The molecule has 0 saturated carbocycles. The molecule has 10 heteroatoms. The number of nitrogens with zero attached hydrogens (tertiary/aromatic N) is 1. The van der Waals surface area contributed by atoms with E-state index in [2.05, 4.69) is 4.74 Å².